The van der Waals surface area contributed by atoms with Gasteiger partial charge >= 0.3 is 5.97 Å². The molecule has 21 heavy (non-hydrogen) atoms. The fraction of sp³-hybridized carbons (Fsp3) is 0.643. The van der Waals surface area contributed by atoms with Crippen LogP contribution in [0.1, 0.15) is 40.5 Å². The molecule has 0 radical (unpaired) electrons. The van der Waals surface area contributed by atoms with Crippen LogP contribution < -0.4 is 0 Å². The lowest BCUT2D eigenvalue weighted by Crippen LogP contribution is -2.49. The summed E-state index contributed by atoms with van der Waals surface area (Å²) in [4.78, 5) is 35.7. The molecule has 118 valence electrons. The molecule has 1 rings (SSSR count). The van der Waals surface area contributed by atoms with Gasteiger partial charge in [0.05, 0.1) is 16.5 Å². The molecule has 0 saturated heterocycles. The number of rotatable bonds is 7. The molecular weight excluding hydrogens is 342 g/mol. The summed E-state index contributed by atoms with van der Waals surface area (Å²) in [5.41, 5.74) is -1.50. The second-order valence-electron chi connectivity index (χ2n) is 6.21. The van der Waals surface area contributed by atoms with E-state index in [-0.39, 0.29) is 29.3 Å². The van der Waals surface area contributed by atoms with Crippen LogP contribution in [0.5, 0.6) is 0 Å². The Balaban J connectivity index is 2.60. The molecule has 1 N–H and O–H groups in total. The molecule has 1 heterocycles. The maximum absolute atomic E-state index is 11.9. The average molecular weight is 362 g/mol. The number of carbonyl (C=O) groups excluding carboxylic acids is 2. The minimum atomic E-state index is -0.933. The summed E-state index contributed by atoms with van der Waals surface area (Å²) in [6.07, 6.45) is 1.56. The molecule has 1 aliphatic heterocycles. The lowest BCUT2D eigenvalue weighted by molar-refractivity contribution is -0.145. The first-order chi connectivity index (χ1) is 9.46. The molecule has 0 unspecified atom stereocenters. The second kappa shape index (κ2) is 6.27. The van der Waals surface area contributed by atoms with E-state index in [0.717, 1.165) is 0 Å². The van der Waals surface area contributed by atoms with Gasteiger partial charge in [0.25, 0.3) is 11.8 Å². The van der Waals surface area contributed by atoms with Gasteiger partial charge in [0, 0.05) is 18.2 Å². The highest BCUT2D eigenvalue weighted by molar-refractivity contribution is 9.12. The highest BCUT2D eigenvalue weighted by atomic mass is 79.9. The smallest absolute Gasteiger partial charge is 0.306 e. The van der Waals surface area contributed by atoms with Crippen LogP contribution in [-0.4, -0.2) is 45.5 Å². The van der Waals surface area contributed by atoms with Crippen molar-refractivity contribution in [2.24, 2.45) is 0 Å². The van der Waals surface area contributed by atoms with Crippen molar-refractivity contribution >= 4 is 33.7 Å². The van der Waals surface area contributed by atoms with Crippen molar-refractivity contribution < 1.29 is 24.2 Å². The number of imide groups is 1. The van der Waals surface area contributed by atoms with E-state index in [1.165, 1.54) is 11.0 Å². The van der Waals surface area contributed by atoms with E-state index in [9.17, 15) is 14.4 Å². The number of hydrogen-bond donors (Lipinski definition) is 1. The highest BCUT2D eigenvalue weighted by Gasteiger charge is 2.40. The largest absolute Gasteiger partial charge is 0.481 e. The Morgan fingerprint density at radius 2 is 1.90 bits per heavy atom. The number of nitrogens with zero attached hydrogens (tertiary/aromatic N) is 1. The predicted molar refractivity (Wildman–Crippen MR) is 79.8 cm³/mol. The Morgan fingerprint density at radius 3 is 2.33 bits per heavy atom. The van der Waals surface area contributed by atoms with Gasteiger partial charge in [-0.3, -0.25) is 19.3 Å². The van der Waals surface area contributed by atoms with Gasteiger partial charge in [-0.15, -0.1) is 0 Å². The Hall–Kier alpha value is -1.21. The third-order valence-corrected chi connectivity index (χ3v) is 3.84. The minimum Gasteiger partial charge on any atom is -0.481 e. The number of ether oxygens (including phenoxy) is 1. The second-order valence-corrected chi connectivity index (χ2v) is 7.07. The van der Waals surface area contributed by atoms with Crippen molar-refractivity contribution in [3.8, 4) is 0 Å². The summed E-state index contributed by atoms with van der Waals surface area (Å²) in [6.45, 7) is 7.18. The zero-order chi connectivity index (χ0) is 16.4. The van der Waals surface area contributed by atoms with Crippen molar-refractivity contribution in [2.45, 2.75) is 51.7 Å². The maximum Gasteiger partial charge on any atom is 0.306 e. The Morgan fingerprint density at radius 1 is 1.33 bits per heavy atom. The quantitative estimate of drug-likeness (QED) is 0.701. The Labute approximate surface area is 132 Å². The van der Waals surface area contributed by atoms with Crippen LogP contribution in [0.25, 0.3) is 0 Å². The molecular formula is C14H20BrNO5. The first kappa shape index (κ1) is 17.8. The third-order valence-electron chi connectivity index (χ3n) is 3.27. The molecule has 0 atom stereocenters. The lowest BCUT2D eigenvalue weighted by atomic mass is 9.98. The maximum atomic E-state index is 11.9. The number of carboxylic acid groups (broad SMARTS) is 1. The molecule has 1 aliphatic rings. The molecule has 0 aromatic heterocycles. The molecule has 0 aromatic carbocycles. The standard InChI is InChI=1S/C14H20BrNO5/c1-13(2,16-10(17)7-9(15)12(16)20)5-6-21-14(3,4)8-11(18)19/h7H,5-6,8H2,1-4H3,(H,18,19). The van der Waals surface area contributed by atoms with Crippen molar-refractivity contribution in [2.75, 3.05) is 6.61 Å². The first-order valence-corrected chi connectivity index (χ1v) is 7.37. The van der Waals surface area contributed by atoms with Gasteiger partial charge in [-0.25, -0.2) is 0 Å². The van der Waals surface area contributed by atoms with Gasteiger partial charge in [0.2, 0.25) is 0 Å². The van der Waals surface area contributed by atoms with Gasteiger partial charge in [-0.2, -0.15) is 0 Å². The van der Waals surface area contributed by atoms with Crippen LogP contribution >= 0.6 is 15.9 Å². The van der Waals surface area contributed by atoms with Gasteiger partial charge in [-0.05, 0) is 50.0 Å². The van der Waals surface area contributed by atoms with Crippen LogP contribution in [0, 0.1) is 0 Å². The number of carboxylic acids is 1. The van der Waals surface area contributed by atoms with Gasteiger partial charge in [-0.1, -0.05) is 0 Å². The Bertz CT molecular complexity index is 496. The summed E-state index contributed by atoms with van der Waals surface area (Å²) >= 11 is 3.06. The van der Waals surface area contributed by atoms with E-state index in [0.29, 0.717) is 6.42 Å². The zero-order valence-electron chi connectivity index (χ0n) is 12.6. The summed E-state index contributed by atoms with van der Waals surface area (Å²) in [7, 11) is 0. The molecule has 0 fully saturated rings. The van der Waals surface area contributed by atoms with Crippen LogP contribution in [0.2, 0.25) is 0 Å². The van der Waals surface area contributed by atoms with Crippen molar-refractivity contribution in [1.29, 1.82) is 0 Å². The molecule has 7 heteroatoms. The SMILES string of the molecule is CC(C)(CC(=O)O)OCCC(C)(C)N1C(=O)C=C(Br)C1=O. The molecule has 0 bridgehead atoms. The molecule has 0 aromatic rings. The molecule has 2 amide bonds. The van der Waals surface area contributed by atoms with E-state index in [2.05, 4.69) is 15.9 Å². The molecule has 0 saturated carbocycles. The average Bonchev–Trinajstić information content (AvgIpc) is 2.50. The predicted octanol–water partition coefficient (Wildman–Crippen LogP) is 2.07. The fourth-order valence-corrected chi connectivity index (χ4v) is 2.49. The number of amides is 2. The number of halogens is 1. The topological polar surface area (TPSA) is 83.9 Å². The number of aliphatic carboxylic acids is 1. The summed E-state index contributed by atoms with van der Waals surface area (Å²) in [5.74, 6) is -1.66. The summed E-state index contributed by atoms with van der Waals surface area (Å²) < 4.78 is 5.82. The summed E-state index contributed by atoms with van der Waals surface area (Å²) in [5, 5.41) is 8.79. The molecule has 0 aliphatic carbocycles. The van der Waals surface area contributed by atoms with Gasteiger partial charge in [0.1, 0.15) is 0 Å². The van der Waals surface area contributed by atoms with Crippen molar-refractivity contribution in [1.82, 2.24) is 4.90 Å². The molecule has 6 nitrogen and oxygen atoms in total. The highest BCUT2D eigenvalue weighted by Crippen LogP contribution is 2.29. The van der Waals surface area contributed by atoms with E-state index in [1.807, 2.05) is 0 Å². The normalized spacial score (nSPS) is 16.4. The van der Waals surface area contributed by atoms with Crippen LogP contribution in [-0.2, 0) is 19.1 Å². The van der Waals surface area contributed by atoms with E-state index in [4.69, 9.17) is 9.84 Å². The Kier molecular flexibility index (Phi) is 5.33. The van der Waals surface area contributed by atoms with E-state index < -0.39 is 17.1 Å². The molecule has 0 spiro atoms. The van der Waals surface area contributed by atoms with Gasteiger partial charge in [0.15, 0.2) is 0 Å². The van der Waals surface area contributed by atoms with E-state index >= 15 is 0 Å². The van der Waals surface area contributed by atoms with Crippen molar-refractivity contribution in [3.63, 3.8) is 0 Å². The zero-order valence-corrected chi connectivity index (χ0v) is 14.2. The fourth-order valence-electron chi connectivity index (χ4n) is 2.12. The monoisotopic (exact) mass is 361 g/mol. The summed E-state index contributed by atoms with van der Waals surface area (Å²) in [6, 6.07) is 0. The third kappa shape index (κ3) is 4.64. The first-order valence-electron chi connectivity index (χ1n) is 6.58. The minimum absolute atomic E-state index is 0.109. The van der Waals surface area contributed by atoms with Crippen LogP contribution in [0.15, 0.2) is 10.6 Å². The number of hydrogen-bond acceptors (Lipinski definition) is 4. The number of carbonyl (C=O) groups is 3. The van der Waals surface area contributed by atoms with Gasteiger partial charge < -0.3 is 9.84 Å². The van der Waals surface area contributed by atoms with Crippen LogP contribution in [0.4, 0.5) is 0 Å². The van der Waals surface area contributed by atoms with E-state index in [1.54, 1.807) is 27.7 Å². The van der Waals surface area contributed by atoms with Crippen molar-refractivity contribution in [3.05, 3.63) is 10.6 Å². The van der Waals surface area contributed by atoms with Crippen LogP contribution in [0.3, 0.4) is 0 Å². The lowest BCUT2D eigenvalue weighted by Gasteiger charge is -2.35.